The van der Waals surface area contributed by atoms with E-state index in [0.29, 0.717) is 13.1 Å². The standard InChI is InChI=1S/C32H41ClN4O2S/c1-4-24(2)36(32(39)34-26-16-18-29(40-3)19-17-26)23-31(38)37(27-12-6-5-7-13-27)22-28-14-10-20-35(28)21-25-11-8-9-15-30(25)33/h8-11,14-20,24,27H,4-7,12-13,21-23H2,1-3H3,(H,34,39). The van der Waals surface area contributed by atoms with Gasteiger partial charge in [0.25, 0.3) is 0 Å². The lowest BCUT2D eigenvalue weighted by Gasteiger charge is -2.37. The number of amides is 3. The molecule has 1 N–H and O–H groups in total. The molecule has 1 unspecified atom stereocenters. The van der Waals surface area contributed by atoms with Crippen LogP contribution in [0.2, 0.25) is 5.02 Å². The smallest absolute Gasteiger partial charge is 0.322 e. The van der Waals surface area contributed by atoms with Crippen molar-refractivity contribution in [1.82, 2.24) is 14.4 Å². The highest BCUT2D eigenvalue weighted by Gasteiger charge is 2.30. The molecule has 1 aliphatic rings. The third kappa shape index (κ3) is 7.85. The molecule has 40 heavy (non-hydrogen) atoms. The van der Waals surface area contributed by atoms with Crippen LogP contribution in [0.1, 0.15) is 63.6 Å². The van der Waals surface area contributed by atoms with Crippen LogP contribution >= 0.6 is 23.4 Å². The van der Waals surface area contributed by atoms with E-state index >= 15 is 0 Å². The predicted octanol–water partition coefficient (Wildman–Crippen LogP) is 7.91. The number of nitrogens with zero attached hydrogens (tertiary/aromatic N) is 3. The number of urea groups is 1. The number of carbonyl (C=O) groups is 2. The van der Waals surface area contributed by atoms with Crippen molar-refractivity contribution in [1.29, 1.82) is 0 Å². The molecule has 1 aromatic heterocycles. The van der Waals surface area contributed by atoms with E-state index in [1.807, 2.05) is 85.8 Å². The van der Waals surface area contributed by atoms with Crippen LogP contribution in [0.3, 0.4) is 0 Å². The Balaban J connectivity index is 1.53. The maximum absolute atomic E-state index is 14.0. The Morgan fingerprint density at radius 3 is 2.45 bits per heavy atom. The van der Waals surface area contributed by atoms with E-state index in [2.05, 4.69) is 16.0 Å². The third-order valence-corrected chi connectivity index (χ3v) is 9.03. The van der Waals surface area contributed by atoms with Crippen LogP contribution < -0.4 is 5.32 Å². The van der Waals surface area contributed by atoms with Crippen molar-refractivity contribution >= 4 is 41.0 Å². The zero-order valence-electron chi connectivity index (χ0n) is 23.8. The zero-order chi connectivity index (χ0) is 28.5. The first-order valence-electron chi connectivity index (χ1n) is 14.3. The topological polar surface area (TPSA) is 57.6 Å². The molecule has 4 rings (SSSR count). The Hall–Kier alpha value is -2.90. The fraction of sp³-hybridized carbons (Fsp3) is 0.438. The van der Waals surface area contributed by atoms with E-state index in [4.69, 9.17) is 11.6 Å². The highest BCUT2D eigenvalue weighted by molar-refractivity contribution is 7.98. The van der Waals surface area contributed by atoms with Crippen LogP contribution in [-0.4, -0.2) is 51.2 Å². The summed E-state index contributed by atoms with van der Waals surface area (Å²) in [6.45, 7) is 5.25. The summed E-state index contributed by atoms with van der Waals surface area (Å²) in [5.41, 5.74) is 2.83. The molecule has 1 saturated carbocycles. The highest BCUT2D eigenvalue weighted by atomic mass is 35.5. The number of hydrogen-bond acceptors (Lipinski definition) is 3. The van der Waals surface area contributed by atoms with Crippen molar-refractivity contribution in [3.63, 3.8) is 0 Å². The lowest BCUT2D eigenvalue weighted by molar-refractivity contribution is -0.136. The molecule has 214 valence electrons. The third-order valence-electron chi connectivity index (χ3n) is 7.92. The van der Waals surface area contributed by atoms with E-state index in [1.54, 1.807) is 16.7 Å². The second-order valence-corrected chi connectivity index (χ2v) is 11.9. The van der Waals surface area contributed by atoms with Crippen LogP contribution in [0.5, 0.6) is 0 Å². The second-order valence-electron chi connectivity index (χ2n) is 10.6. The Morgan fingerprint density at radius 2 is 1.77 bits per heavy atom. The number of carbonyl (C=O) groups excluding carboxylic acids is 2. The predicted molar refractivity (Wildman–Crippen MR) is 166 cm³/mol. The number of halogens is 1. The van der Waals surface area contributed by atoms with Crippen molar-refractivity contribution < 1.29 is 9.59 Å². The molecule has 0 spiro atoms. The number of hydrogen-bond donors (Lipinski definition) is 1. The van der Waals surface area contributed by atoms with Crippen LogP contribution in [0.4, 0.5) is 10.5 Å². The number of benzene rings is 2. The number of anilines is 1. The van der Waals surface area contributed by atoms with Gasteiger partial charge in [0, 0.05) is 46.1 Å². The molecular formula is C32H41ClN4O2S. The van der Waals surface area contributed by atoms with Crippen molar-refractivity contribution in [3.05, 3.63) is 83.1 Å². The molecule has 1 aliphatic carbocycles. The van der Waals surface area contributed by atoms with Gasteiger partial charge in [-0.1, -0.05) is 56.0 Å². The maximum Gasteiger partial charge on any atom is 0.322 e. The lowest BCUT2D eigenvalue weighted by atomic mass is 9.94. The quantitative estimate of drug-likeness (QED) is 0.234. The molecular weight excluding hydrogens is 540 g/mol. The molecule has 8 heteroatoms. The number of thioether (sulfide) groups is 1. The summed E-state index contributed by atoms with van der Waals surface area (Å²) in [5, 5.41) is 3.75. The molecule has 0 aliphatic heterocycles. The average Bonchev–Trinajstić information content (AvgIpc) is 3.42. The van der Waals surface area contributed by atoms with E-state index in [0.717, 1.165) is 59.0 Å². The average molecular weight is 581 g/mol. The summed E-state index contributed by atoms with van der Waals surface area (Å²) < 4.78 is 2.17. The lowest BCUT2D eigenvalue weighted by Crippen LogP contribution is -2.50. The van der Waals surface area contributed by atoms with Crippen molar-refractivity contribution in [3.8, 4) is 0 Å². The number of rotatable bonds is 11. The number of aromatic nitrogens is 1. The first kappa shape index (κ1) is 30.1. The van der Waals surface area contributed by atoms with Crippen LogP contribution in [0.15, 0.2) is 71.8 Å². The molecule has 1 atom stereocenters. The monoisotopic (exact) mass is 580 g/mol. The van der Waals surface area contributed by atoms with Gasteiger partial charge in [-0.2, -0.15) is 0 Å². The fourth-order valence-electron chi connectivity index (χ4n) is 5.30. The molecule has 0 saturated heterocycles. The summed E-state index contributed by atoms with van der Waals surface area (Å²) >= 11 is 8.11. The highest BCUT2D eigenvalue weighted by Crippen LogP contribution is 2.26. The van der Waals surface area contributed by atoms with Gasteiger partial charge in [-0.3, -0.25) is 4.79 Å². The maximum atomic E-state index is 14.0. The van der Waals surface area contributed by atoms with Crippen LogP contribution in [-0.2, 0) is 17.9 Å². The van der Waals surface area contributed by atoms with Gasteiger partial charge < -0.3 is 19.7 Å². The Morgan fingerprint density at radius 1 is 1.05 bits per heavy atom. The molecule has 1 fully saturated rings. The summed E-state index contributed by atoms with van der Waals surface area (Å²) in [6, 6.07) is 19.6. The Labute approximate surface area is 248 Å². The minimum atomic E-state index is -0.245. The molecule has 3 aromatic rings. The van der Waals surface area contributed by atoms with E-state index < -0.39 is 0 Å². The summed E-state index contributed by atoms with van der Waals surface area (Å²) in [5.74, 6) is -0.00873. The summed E-state index contributed by atoms with van der Waals surface area (Å²) in [7, 11) is 0. The molecule has 2 aromatic carbocycles. The minimum Gasteiger partial charge on any atom is -0.345 e. The van der Waals surface area contributed by atoms with Gasteiger partial charge in [0.05, 0.1) is 6.54 Å². The second kappa shape index (κ2) is 14.6. The molecule has 0 radical (unpaired) electrons. The largest absolute Gasteiger partial charge is 0.345 e. The van der Waals surface area contributed by atoms with Gasteiger partial charge in [-0.15, -0.1) is 11.8 Å². The Bertz CT molecular complexity index is 1260. The minimum absolute atomic E-state index is 0.00873. The molecule has 1 heterocycles. The van der Waals surface area contributed by atoms with Gasteiger partial charge in [-0.05, 0) is 80.5 Å². The Kier molecular flexibility index (Phi) is 11.0. The van der Waals surface area contributed by atoms with Crippen LogP contribution in [0.25, 0.3) is 0 Å². The van der Waals surface area contributed by atoms with E-state index in [9.17, 15) is 9.59 Å². The molecule has 6 nitrogen and oxygen atoms in total. The fourth-order valence-corrected chi connectivity index (χ4v) is 5.90. The van der Waals surface area contributed by atoms with Crippen molar-refractivity contribution in [2.75, 3.05) is 18.1 Å². The first-order valence-corrected chi connectivity index (χ1v) is 15.9. The van der Waals surface area contributed by atoms with Gasteiger partial charge in [0.15, 0.2) is 0 Å². The molecule has 0 bridgehead atoms. The van der Waals surface area contributed by atoms with Gasteiger partial charge >= 0.3 is 6.03 Å². The summed E-state index contributed by atoms with van der Waals surface area (Å²) in [6.07, 6.45) is 10.3. The van der Waals surface area contributed by atoms with Crippen molar-refractivity contribution in [2.45, 2.75) is 82.4 Å². The van der Waals surface area contributed by atoms with Gasteiger partial charge in [0.1, 0.15) is 6.54 Å². The zero-order valence-corrected chi connectivity index (χ0v) is 25.4. The first-order chi connectivity index (χ1) is 19.4. The van der Waals surface area contributed by atoms with E-state index in [1.165, 1.54) is 6.42 Å². The SMILES string of the molecule is CCC(C)N(CC(=O)N(Cc1cccn1Cc1ccccc1Cl)C1CCCCC1)C(=O)Nc1ccc(SC)cc1. The van der Waals surface area contributed by atoms with Crippen LogP contribution in [0, 0.1) is 0 Å². The van der Waals surface area contributed by atoms with Crippen molar-refractivity contribution in [2.24, 2.45) is 0 Å². The van der Waals surface area contributed by atoms with Gasteiger partial charge in [0.2, 0.25) is 5.91 Å². The normalized spacial score (nSPS) is 14.5. The summed E-state index contributed by atoms with van der Waals surface area (Å²) in [4.78, 5) is 32.3. The molecule has 3 amide bonds. The van der Waals surface area contributed by atoms with Gasteiger partial charge in [-0.25, -0.2) is 4.79 Å². The van der Waals surface area contributed by atoms with E-state index in [-0.39, 0.29) is 30.6 Å². The number of nitrogens with one attached hydrogen (secondary N) is 1.